The van der Waals surface area contributed by atoms with Crippen molar-refractivity contribution < 1.29 is 19.4 Å². The van der Waals surface area contributed by atoms with Gasteiger partial charge in [-0.15, -0.1) is 17.9 Å². The van der Waals surface area contributed by atoms with Gasteiger partial charge in [0, 0.05) is 18.0 Å². The quantitative estimate of drug-likeness (QED) is 0.355. The molecule has 33 heavy (non-hydrogen) atoms. The molecule has 0 unspecified atom stereocenters. The number of hydrogen-bond donors (Lipinski definition) is 1. The third-order valence-corrected chi connectivity index (χ3v) is 6.75. The third kappa shape index (κ3) is 7.40. The molecule has 0 radical (unpaired) electrons. The Hall–Kier alpha value is -2.19. The van der Waals surface area contributed by atoms with Crippen LogP contribution in [-0.4, -0.2) is 72.9 Å². The summed E-state index contributed by atoms with van der Waals surface area (Å²) in [6.45, 7) is 10.9. The van der Waals surface area contributed by atoms with E-state index in [1.807, 2.05) is 41.0 Å². The summed E-state index contributed by atoms with van der Waals surface area (Å²) in [5.74, 6) is 0.877. The average molecular weight is 473 g/mol. The largest absolute Gasteiger partial charge is 0.491 e. The van der Waals surface area contributed by atoms with Crippen LogP contribution in [0.1, 0.15) is 35.4 Å². The maximum absolute atomic E-state index is 13.4. The van der Waals surface area contributed by atoms with Gasteiger partial charge in [-0.25, -0.2) is 0 Å². The van der Waals surface area contributed by atoms with Crippen LogP contribution < -0.4 is 4.74 Å². The van der Waals surface area contributed by atoms with Crippen molar-refractivity contribution in [2.75, 3.05) is 46.0 Å². The molecule has 2 aromatic rings. The Morgan fingerprint density at radius 1 is 1.36 bits per heavy atom. The number of nitrogens with zero attached hydrogens (tertiary/aromatic N) is 2. The van der Waals surface area contributed by atoms with Gasteiger partial charge in [0.15, 0.2) is 0 Å². The van der Waals surface area contributed by atoms with Gasteiger partial charge in [0.05, 0.1) is 31.9 Å². The molecule has 1 aromatic carbocycles. The van der Waals surface area contributed by atoms with E-state index in [0.29, 0.717) is 26.3 Å². The third-order valence-electron chi connectivity index (χ3n) is 5.76. The van der Waals surface area contributed by atoms with Gasteiger partial charge in [0.2, 0.25) is 5.91 Å². The van der Waals surface area contributed by atoms with Crippen molar-refractivity contribution in [3.63, 3.8) is 0 Å². The van der Waals surface area contributed by atoms with E-state index in [1.165, 1.54) is 16.0 Å². The van der Waals surface area contributed by atoms with Gasteiger partial charge < -0.3 is 19.5 Å². The van der Waals surface area contributed by atoms with E-state index in [9.17, 15) is 9.90 Å². The van der Waals surface area contributed by atoms with E-state index in [1.54, 1.807) is 17.4 Å². The van der Waals surface area contributed by atoms with Gasteiger partial charge in [-0.05, 0) is 55.5 Å². The summed E-state index contributed by atoms with van der Waals surface area (Å²) in [4.78, 5) is 18.7. The monoisotopic (exact) mass is 472 g/mol. The number of thiophene rings is 1. The van der Waals surface area contributed by atoms with E-state index in [4.69, 9.17) is 9.47 Å². The van der Waals surface area contributed by atoms with Gasteiger partial charge in [0.1, 0.15) is 12.4 Å². The lowest BCUT2D eigenvalue weighted by Crippen LogP contribution is -2.48. The number of aliphatic hydroxyl groups is 1. The lowest BCUT2D eigenvalue weighted by molar-refractivity contribution is -0.136. The Labute approximate surface area is 201 Å². The number of hydrogen-bond acceptors (Lipinski definition) is 6. The van der Waals surface area contributed by atoms with Crippen LogP contribution in [0.2, 0.25) is 0 Å². The minimum Gasteiger partial charge on any atom is -0.491 e. The van der Waals surface area contributed by atoms with Crippen molar-refractivity contribution in [1.29, 1.82) is 0 Å². The number of benzene rings is 1. The maximum atomic E-state index is 13.4. The highest BCUT2D eigenvalue weighted by Gasteiger charge is 2.33. The van der Waals surface area contributed by atoms with Crippen LogP contribution in [0.4, 0.5) is 0 Å². The molecule has 0 saturated heterocycles. The first-order valence-electron chi connectivity index (χ1n) is 11.7. The Kier molecular flexibility index (Phi) is 9.94. The summed E-state index contributed by atoms with van der Waals surface area (Å²) in [5.41, 5.74) is 2.37. The molecule has 1 aliphatic heterocycles. The van der Waals surface area contributed by atoms with E-state index >= 15 is 0 Å². The van der Waals surface area contributed by atoms with Gasteiger partial charge in [-0.2, -0.15) is 0 Å². The number of ether oxygens (including phenoxy) is 2. The molecule has 0 bridgehead atoms. The second-order valence-corrected chi connectivity index (χ2v) is 9.49. The molecular formula is C26H36N2O4S. The van der Waals surface area contributed by atoms with E-state index in [2.05, 4.69) is 24.9 Å². The highest BCUT2D eigenvalue weighted by Crippen LogP contribution is 2.34. The maximum Gasteiger partial charge on any atom is 0.237 e. The summed E-state index contributed by atoms with van der Waals surface area (Å²) < 4.78 is 11.5. The van der Waals surface area contributed by atoms with Crippen molar-refractivity contribution >= 4 is 17.2 Å². The first-order valence-corrected chi connectivity index (χ1v) is 12.5. The Morgan fingerprint density at radius 2 is 2.15 bits per heavy atom. The molecule has 0 aliphatic carbocycles. The molecule has 1 amide bonds. The van der Waals surface area contributed by atoms with Crippen LogP contribution in [0.5, 0.6) is 5.75 Å². The molecule has 1 aliphatic rings. The van der Waals surface area contributed by atoms with Crippen LogP contribution in [0, 0.1) is 6.92 Å². The molecule has 2 atom stereocenters. The molecule has 6 nitrogen and oxygen atoms in total. The van der Waals surface area contributed by atoms with E-state index < -0.39 is 6.10 Å². The molecule has 180 valence electrons. The number of aryl methyl sites for hydroxylation is 1. The van der Waals surface area contributed by atoms with Crippen LogP contribution in [0.3, 0.4) is 0 Å². The predicted molar refractivity (Wildman–Crippen MR) is 133 cm³/mol. The SMILES string of the molecule is C=CCOC[C@@H](O)CN(CCC)CC(=O)N1CCc2sccc2[C@H]1COc1ccc(C)cc1. The van der Waals surface area contributed by atoms with Crippen LogP contribution >= 0.6 is 11.3 Å². The van der Waals surface area contributed by atoms with Crippen LogP contribution in [0.15, 0.2) is 48.4 Å². The first-order chi connectivity index (χ1) is 16.0. The molecule has 0 spiro atoms. The van der Waals surface area contributed by atoms with Crippen molar-refractivity contribution in [2.45, 2.75) is 38.8 Å². The Morgan fingerprint density at radius 3 is 2.88 bits per heavy atom. The van der Waals surface area contributed by atoms with Crippen molar-refractivity contribution in [1.82, 2.24) is 9.80 Å². The second-order valence-electron chi connectivity index (χ2n) is 8.49. The zero-order valence-electron chi connectivity index (χ0n) is 19.7. The number of carbonyl (C=O) groups is 1. The number of aliphatic hydroxyl groups excluding tert-OH is 1. The molecule has 7 heteroatoms. The Balaban J connectivity index is 1.66. The highest BCUT2D eigenvalue weighted by molar-refractivity contribution is 7.10. The van der Waals surface area contributed by atoms with Gasteiger partial charge in [-0.3, -0.25) is 9.69 Å². The number of carbonyl (C=O) groups excluding carboxylic acids is 1. The average Bonchev–Trinajstić information content (AvgIpc) is 3.28. The van der Waals surface area contributed by atoms with Crippen LogP contribution in [0.25, 0.3) is 0 Å². The van der Waals surface area contributed by atoms with Gasteiger partial charge in [0.25, 0.3) is 0 Å². The van der Waals surface area contributed by atoms with E-state index in [0.717, 1.165) is 25.1 Å². The Bertz CT molecular complexity index is 883. The summed E-state index contributed by atoms with van der Waals surface area (Å²) in [7, 11) is 0. The summed E-state index contributed by atoms with van der Waals surface area (Å²) in [5, 5.41) is 12.4. The molecule has 0 fully saturated rings. The number of rotatable bonds is 13. The molecule has 2 heterocycles. The molecule has 1 aromatic heterocycles. The smallest absolute Gasteiger partial charge is 0.237 e. The number of amides is 1. The molecule has 0 saturated carbocycles. The topological polar surface area (TPSA) is 62.2 Å². The molecule has 3 rings (SSSR count). The summed E-state index contributed by atoms with van der Waals surface area (Å²) >= 11 is 1.75. The van der Waals surface area contributed by atoms with Crippen molar-refractivity contribution in [2.24, 2.45) is 0 Å². The zero-order valence-corrected chi connectivity index (χ0v) is 20.6. The lowest BCUT2D eigenvalue weighted by atomic mass is 10.0. The summed E-state index contributed by atoms with van der Waals surface area (Å²) in [6, 6.07) is 10.0. The first kappa shape index (κ1) is 25.4. The fourth-order valence-electron chi connectivity index (χ4n) is 4.16. The standard InChI is InChI=1S/C26H36N2O4S/c1-4-12-27(16-21(29)18-31-14-5-2)17-26(30)28-13-10-25-23(11-15-33-25)24(28)19-32-22-8-6-20(3)7-9-22/h5-9,11,15,21,24,29H,2,4,10,12-14,16-19H2,1,3H3/t21-,24+/m0/s1. The van der Waals surface area contributed by atoms with Crippen LogP contribution in [-0.2, 0) is 16.0 Å². The fraction of sp³-hybridized carbons (Fsp3) is 0.500. The summed E-state index contributed by atoms with van der Waals surface area (Å²) in [6.07, 6.45) is 2.79. The predicted octanol–water partition coefficient (Wildman–Crippen LogP) is 3.84. The lowest BCUT2D eigenvalue weighted by Gasteiger charge is -2.37. The molecule has 1 N–H and O–H groups in total. The van der Waals surface area contributed by atoms with Crippen molar-refractivity contribution in [3.8, 4) is 5.75 Å². The minimum absolute atomic E-state index is 0.0667. The fourth-order valence-corrected chi connectivity index (χ4v) is 5.08. The zero-order chi connectivity index (χ0) is 23.6. The van der Waals surface area contributed by atoms with E-state index in [-0.39, 0.29) is 25.1 Å². The van der Waals surface area contributed by atoms with Gasteiger partial charge in [-0.1, -0.05) is 30.7 Å². The second kappa shape index (κ2) is 12.9. The normalized spacial score (nSPS) is 16.5. The van der Waals surface area contributed by atoms with Gasteiger partial charge >= 0.3 is 0 Å². The van der Waals surface area contributed by atoms with Crippen molar-refractivity contribution in [3.05, 3.63) is 64.4 Å². The minimum atomic E-state index is -0.644. The number of fused-ring (bicyclic) bond motifs is 1. The highest BCUT2D eigenvalue weighted by atomic mass is 32.1. The molecular weight excluding hydrogens is 436 g/mol.